The van der Waals surface area contributed by atoms with Crippen LogP contribution < -0.4 is 30.7 Å². The van der Waals surface area contributed by atoms with Crippen molar-refractivity contribution in [1.29, 1.82) is 0 Å². The number of methoxy groups -OCH3 is 2. The molecule has 34 heavy (non-hydrogen) atoms. The van der Waals surface area contributed by atoms with Crippen molar-refractivity contribution >= 4 is 37.4 Å². The summed E-state index contributed by atoms with van der Waals surface area (Å²) in [6.07, 6.45) is 0. The molecule has 3 nitrogen and oxygen atoms in total. The molecule has 0 saturated carbocycles. The summed E-state index contributed by atoms with van der Waals surface area (Å²) in [5, 5.41) is 5.04. The maximum Gasteiger partial charge on any atom is 0.128 e. The molecule has 0 bridgehead atoms. The van der Waals surface area contributed by atoms with Gasteiger partial charge in [0.25, 0.3) is 0 Å². The van der Waals surface area contributed by atoms with Crippen LogP contribution in [-0.2, 0) is 0 Å². The number of nitrogens with zero attached hydrogens (tertiary/aromatic N) is 1. The molecule has 0 amide bonds. The molecule has 0 heterocycles. The van der Waals surface area contributed by atoms with Crippen LogP contribution in [0.4, 0.5) is 0 Å². The third-order valence-corrected chi connectivity index (χ3v) is 11.5. The highest BCUT2D eigenvalue weighted by Gasteiger charge is 2.36. The van der Waals surface area contributed by atoms with Gasteiger partial charge in [-0.25, -0.2) is 4.44 Å². The molecule has 0 radical (unpaired) electrons. The number of benzene rings is 4. The molecule has 174 valence electrons. The van der Waals surface area contributed by atoms with Gasteiger partial charge in [0.2, 0.25) is 0 Å². The highest BCUT2D eigenvalue weighted by Crippen LogP contribution is 2.57. The van der Waals surface area contributed by atoms with E-state index in [9.17, 15) is 0 Å². The summed E-state index contributed by atoms with van der Waals surface area (Å²) in [5.41, 5.74) is 0. The maximum absolute atomic E-state index is 5.89. The summed E-state index contributed by atoms with van der Waals surface area (Å²) in [6, 6.07) is 38.8. The van der Waals surface area contributed by atoms with Gasteiger partial charge in [-0.05, 0) is 48.7 Å². The lowest BCUT2D eigenvalue weighted by Crippen LogP contribution is -2.36. The van der Waals surface area contributed by atoms with Gasteiger partial charge in [0.05, 0.1) is 14.2 Å². The molecule has 5 heteroatoms. The molecule has 0 aliphatic rings. The van der Waals surface area contributed by atoms with Gasteiger partial charge in [-0.15, -0.1) is 0 Å². The minimum Gasteiger partial charge on any atom is -0.496 e. The van der Waals surface area contributed by atoms with Gasteiger partial charge >= 0.3 is 0 Å². The van der Waals surface area contributed by atoms with E-state index < -0.39 is 16.1 Å². The van der Waals surface area contributed by atoms with E-state index in [1.807, 2.05) is 12.1 Å². The van der Waals surface area contributed by atoms with Crippen LogP contribution in [0, 0.1) is 0 Å². The van der Waals surface area contributed by atoms with Crippen molar-refractivity contribution in [2.24, 2.45) is 0 Å². The molecule has 2 unspecified atom stereocenters. The Hall–Kier alpha value is -2.70. The van der Waals surface area contributed by atoms with Crippen LogP contribution in [0.2, 0.25) is 0 Å². The van der Waals surface area contributed by atoms with Gasteiger partial charge in [-0.2, -0.15) is 0 Å². The van der Waals surface area contributed by atoms with E-state index >= 15 is 0 Å². The number of rotatable bonds is 9. The van der Waals surface area contributed by atoms with Gasteiger partial charge < -0.3 is 9.47 Å². The fraction of sp³-hybridized carbons (Fsp3) is 0.172. The van der Waals surface area contributed by atoms with Crippen molar-refractivity contribution in [3.63, 3.8) is 0 Å². The Labute approximate surface area is 206 Å². The van der Waals surface area contributed by atoms with Crippen LogP contribution in [0.5, 0.6) is 11.5 Å². The number of hydrogen-bond acceptors (Lipinski definition) is 3. The highest BCUT2D eigenvalue weighted by molar-refractivity contribution is 7.84. The molecule has 0 spiro atoms. The summed E-state index contributed by atoms with van der Waals surface area (Å²) >= 11 is 0. The Balaban J connectivity index is 2.00. The monoisotopic (exact) mass is 487 g/mol. The van der Waals surface area contributed by atoms with Crippen LogP contribution in [0.15, 0.2) is 109 Å². The van der Waals surface area contributed by atoms with Crippen molar-refractivity contribution in [3.05, 3.63) is 109 Å². The lowest BCUT2D eigenvalue weighted by molar-refractivity contribution is 0.417. The zero-order valence-corrected chi connectivity index (χ0v) is 21.9. The van der Waals surface area contributed by atoms with E-state index in [2.05, 4.69) is 115 Å². The average Bonchev–Trinajstić information content (AvgIpc) is 2.90. The first kappa shape index (κ1) is 24.4. The Morgan fingerprint density at radius 1 is 0.529 bits per heavy atom. The summed E-state index contributed by atoms with van der Waals surface area (Å²) in [6.45, 7) is 4.59. The highest BCUT2D eigenvalue weighted by atomic mass is 31.2. The van der Waals surface area contributed by atoms with E-state index in [0.29, 0.717) is 0 Å². The molecule has 0 aliphatic heterocycles. The molecule has 0 aliphatic carbocycles. The van der Waals surface area contributed by atoms with E-state index in [0.717, 1.165) is 11.5 Å². The molecule has 4 rings (SSSR count). The zero-order chi connectivity index (χ0) is 23.9. The molecule has 0 N–H and O–H groups in total. The second-order valence-corrected chi connectivity index (χ2v) is 12.5. The molecular formula is C29H31NO2P2. The molecule has 4 aromatic rings. The average molecular weight is 488 g/mol. The fourth-order valence-electron chi connectivity index (χ4n) is 4.03. The van der Waals surface area contributed by atoms with Gasteiger partial charge in [-0.1, -0.05) is 84.9 Å². The van der Waals surface area contributed by atoms with Gasteiger partial charge in [0.15, 0.2) is 0 Å². The van der Waals surface area contributed by atoms with E-state index in [-0.39, 0.29) is 6.04 Å². The maximum atomic E-state index is 5.89. The summed E-state index contributed by atoms with van der Waals surface area (Å²) in [7, 11) is 1.72. The van der Waals surface area contributed by atoms with Crippen LogP contribution in [0.3, 0.4) is 0 Å². The first-order valence-electron chi connectivity index (χ1n) is 11.4. The standard InChI is InChI=1S/C29H31NO2P2/c1-23(2)30(33(24-15-7-5-8-16-24)28-21-13-11-19-26(28)31-3)34(25-17-9-6-10-18-25)29-22-14-12-20-27(29)32-4/h5-23H,1-4H3. The molecular weight excluding hydrogens is 456 g/mol. The second kappa shape index (κ2) is 11.6. The van der Waals surface area contributed by atoms with E-state index in [4.69, 9.17) is 9.47 Å². The first-order chi connectivity index (χ1) is 16.7. The molecule has 2 atom stereocenters. The largest absolute Gasteiger partial charge is 0.496 e. The topological polar surface area (TPSA) is 21.7 Å². The SMILES string of the molecule is COc1ccccc1P(c1ccccc1)N(C(C)C)P(c1ccccc1)c1ccccc1OC. The second-order valence-electron chi connectivity index (χ2n) is 8.05. The lowest BCUT2D eigenvalue weighted by atomic mass is 10.3. The molecule has 0 aromatic heterocycles. The normalized spacial score (nSPS) is 13.0. The number of ether oxygens (including phenoxy) is 2. The summed E-state index contributed by atoms with van der Waals surface area (Å²) in [5.74, 6) is 1.84. The lowest BCUT2D eigenvalue weighted by Gasteiger charge is -2.42. The third kappa shape index (κ3) is 5.18. The minimum atomic E-state index is -0.903. The van der Waals surface area contributed by atoms with Gasteiger partial charge in [0, 0.05) is 32.8 Å². The number of para-hydroxylation sites is 2. The minimum absolute atomic E-state index is 0.271. The Bertz CT molecular complexity index is 1090. The van der Waals surface area contributed by atoms with Gasteiger partial charge in [-0.3, -0.25) is 0 Å². The quantitative estimate of drug-likeness (QED) is 0.278. The Morgan fingerprint density at radius 3 is 1.24 bits per heavy atom. The Morgan fingerprint density at radius 2 is 0.882 bits per heavy atom. The smallest absolute Gasteiger partial charge is 0.128 e. The third-order valence-electron chi connectivity index (χ3n) is 5.50. The first-order valence-corrected chi connectivity index (χ1v) is 14.0. The predicted octanol–water partition coefficient (Wildman–Crippen LogP) is 5.81. The Kier molecular flexibility index (Phi) is 8.35. The van der Waals surface area contributed by atoms with Gasteiger partial charge in [0.1, 0.15) is 11.5 Å². The van der Waals surface area contributed by atoms with Crippen molar-refractivity contribution in [2.75, 3.05) is 14.2 Å². The predicted molar refractivity (Wildman–Crippen MR) is 148 cm³/mol. The zero-order valence-electron chi connectivity index (χ0n) is 20.1. The van der Waals surface area contributed by atoms with Crippen molar-refractivity contribution in [3.8, 4) is 11.5 Å². The van der Waals surface area contributed by atoms with Crippen LogP contribution in [0.1, 0.15) is 13.8 Å². The van der Waals surface area contributed by atoms with Crippen molar-refractivity contribution in [2.45, 2.75) is 19.9 Å². The summed E-state index contributed by atoms with van der Waals surface area (Å²) in [4.78, 5) is 0. The van der Waals surface area contributed by atoms with Crippen LogP contribution in [0.25, 0.3) is 0 Å². The molecule has 4 aromatic carbocycles. The van der Waals surface area contributed by atoms with Crippen LogP contribution in [-0.4, -0.2) is 24.7 Å². The summed E-state index contributed by atoms with van der Waals surface area (Å²) < 4.78 is 14.5. The van der Waals surface area contributed by atoms with Crippen molar-refractivity contribution < 1.29 is 9.47 Å². The van der Waals surface area contributed by atoms with Crippen LogP contribution >= 0.6 is 16.1 Å². The molecule has 0 saturated heterocycles. The number of hydrogen-bond donors (Lipinski definition) is 0. The molecule has 0 fully saturated rings. The van der Waals surface area contributed by atoms with E-state index in [1.165, 1.54) is 21.2 Å². The van der Waals surface area contributed by atoms with Crippen molar-refractivity contribution in [1.82, 2.24) is 4.44 Å². The van der Waals surface area contributed by atoms with E-state index in [1.54, 1.807) is 14.2 Å². The fourth-order valence-corrected chi connectivity index (χ4v) is 10.5.